The zero-order valence-corrected chi connectivity index (χ0v) is 26.6. The number of hydrogen-bond donors (Lipinski definition) is 1. The summed E-state index contributed by atoms with van der Waals surface area (Å²) in [6.45, 7) is 17.8. The van der Waals surface area contributed by atoms with E-state index >= 15 is 0 Å². The van der Waals surface area contributed by atoms with Gasteiger partial charge in [0, 0.05) is 24.8 Å². The van der Waals surface area contributed by atoms with E-state index in [0.29, 0.717) is 67.3 Å². The molecule has 0 unspecified atom stereocenters. The quantitative estimate of drug-likeness (QED) is 0.310. The molecule has 10 nitrogen and oxygen atoms in total. The van der Waals surface area contributed by atoms with Crippen LogP contribution >= 0.6 is 0 Å². The van der Waals surface area contributed by atoms with Crippen molar-refractivity contribution in [3.8, 4) is 28.7 Å². The molecule has 4 rings (SSSR count). The standard InChI is InChI=1S/C30H42N6O4Si/c1-9-16-39-28-22(18-20(19-31-28)13-17-41(6,7)8)26-32-24-23(10-2)36(34-25(24)27(37)33-26)21-11-14-35(15-12-21)29(38)40-30(3,4)5/h18-19,21H,9-12,14-16H2,1-8H3,(H,32,33,37). The van der Waals surface area contributed by atoms with Crippen LogP contribution in [0.1, 0.15) is 71.2 Å². The summed E-state index contributed by atoms with van der Waals surface area (Å²) in [5.41, 5.74) is 5.63. The van der Waals surface area contributed by atoms with Gasteiger partial charge in [0.2, 0.25) is 5.88 Å². The minimum atomic E-state index is -1.60. The minimum absolute atomic E-state index is 0.0472. The second kappa shape index (κ2) is 12.1. The monoisotopic (exact) mass is 578 g/mol. The van der Waals surface area contributed by atoms with Crippen molar-refractivity contribution in [2.24, 2.45) is 0 Å². The summed E-state index contributed by atoms with van der Waals surface area (Å²) in [5.74, 6) is 4.04. The van der Waals surface area contributed by atoms with E-state index in [1.54, 1.807) is 11.1 Å². The number of carbonyl (C=O) groups is 1. The molecule has 1 amide bonds. The van der Waals surface area contributed by atoms with Crippen LogP contribution in [0.5, 0.6) is 5.88 Å². The fourth-order valence-corrected chi connectivity index (χ4v) is 5.20. The average Bonchev–Trinajstić information content (AvgIpc) is 3.29. The van der Waals surface area contributed by atoms with Gasteiger partial charge in [0.1, 0.15) is 25.0 Å². The Hall–Kier alpha value is -3.65. The van der Waals surface area contributed by atoms with Crippen LogP contribution in [-0.2, 0) is 11.2 Å². The summed E-state index contributed by atoms with van der Waals surface area (Å²) < 4.78 is 13.4. The maximum atomic E-state index is 13.4. The molecule has 1 aliphatic heterocycles. The number of H-pyrrole nitrogens is 1. The highest BCUT2D eigenvalue weighted by Crippen LogP contribution is 2.30. The largest absolute Gasteiger partial charge is 0.477 e. The number of aromatic amines is 1. The molecule has 3 aromatic heterocycles. The molecule has 220 valence electrons. The van der Waals surface area contributed by atoms with Gasteiger partial charge in [-0.05, 0) is 52.5 Å². The van der Waals surface area contributed by atoms with Gasteiger partial charge in [-0.3, -0.25) is 9.48 Å². The molecule has 1 saturated heterocycles. The molecular formula is C30H42N6O4Si. The van der Waals surface area contributed by atoms with E-state index in [9.17, 15) is 9.59 Å². The van der Waals surface area contributed by atoms with Crippen molar-refractivity contribution < 1.29 is 14.3 Å². The van der Waals surface area contributed by atoms with Crippen LogP contribution in [0.4, 0.5) is 4.79 Å². The summed E-state index contributed by atoms with van der Waals surface area (Å²) in [6, 6.07) is 1.93. The Morgan fingerprint density at radius 3 is 2.49 bits per heavy atom. The highest BCUT2D eigenvalue weighted by atomic mass is 28.3. The molecule has 0 spiro atoms. The lowest BCUT2D eigenvalue weighted by atomic mass is 10.1. The molecule has 0 bridgehead atoms. The Labute approximate surface area is 242 Å². The number of hydrogen-bond acceptors (Lipinski definition) is 7. The number of nitrogens with zero attached hydrogens (tertiary/aromatic N) is 5. The molecule has 41 heavy (non-hydrogen) atoms. The molecule has 3 aromatic rings. The first kappa shape index (κ1) is 30.3. The van der Waals surface area contributed by atoms with Gasteiger partial charge in [0.05, 0.1) is 23.9 Å². The topological polar surface area (TPSA) is 115 Å². The number of aryl methyl sites for hydroxylation is 1. The summed E-state index contributed by atoms with van der Waals surface area (Å²) >= 11 is 0. The number of nitrogens with one attached hydrogen (secondary N) is 1. The van der Waals surface area contributed by atoms with Gasteiger partial charge in [-0.2, -0.15) is 5.10 Å². The lowest BCUT2D eigenvalue weighted by Crippen LogP contribution is -2.42. The summed E-state index contributed by atoms with van der Waals surface area (Å²) in [4.78, 5) is 40.0. The third-order valence-corrected chi connectivity index (χ3v) is 7.46. The van der Waals surface area contributed by atoms with Crippen molar-refractivity contribution in [1.29, 1.82) is 0 Å². The van der Waals surface area contributed by atoms with Gasteiger partial charge >= 0.3 is 6.09 Å². The summed E-state index contributed by atoms with van der Waals surface area (Å²) in [7, 11) is -1.60. The molecule has 0 aromatic carbocycles. The second-order valence-corrected chi connectivity index (χ2v) is 17.2. The lowest BCUT2D eigenvalue weighted by molar-refractivity contribution is 0.0184. The highest BCUT2D eigenvalue weighted by molar-refractivity contribution is 6.83. The van der Waals surface area contributed by atoms with Crippen molar-refractivity contribution in [2.75, 3.05) is 19.7 Å². The molecule has 0 aliphatic carbocycles. The van der Waals surface area contributed by atoms with Crippen molar-refractivity contribution in [3.63, 3.8) is 0 Å². The summed E-state index contributed by atoms with van der Waals surface area (Å²) in [6.07, 6.45) is 4.30. The number of pyridine rings is 1. The van der Waals surface area contributed by atoms with Gasteiger partial charge < -0.3 is 19.4 Å². The van der Waals surface area contributed by atoms with Gasteiger partial charge in [0.25, 0.3) is 5.56 Å². The minimum Gasteiger partial charge on any atom is -0.477 e. The van der Waals surface area contributed by atoms with Crippen LogP contribution < -0.4 is 10.3 Å². The molecule has 0 radical (unpaired) electrons. The first-order valence-electron chi connectivity index (χ1n) is 14.5. The number of piperidine rings is 1. The van der Waals surface area contributed by atoms with Crippen LogP contribution in [0.15, 0.2) is 17.1 Å². The number of amides is 1. The zero-order chi connectivity index (χ0) is 29.9. The molecule has 1 aliphatic rings. The van der Waals surface area contributed by atoms with Crippen molar-refractivity contribution in [3.05, 3.63) is 33.9 Å². The van der Waals surface area contributed by atoms with E-state index in [1.165, 1.54) is 0 Å². The Kier molecular flexibility index (Phi) is 8.92. The third-order valence-electron chi connectivity index (χ3n) is 6.58. The van der Waals surface area contributed by atoms with Crippen LogP contribution in [0.2, 0.25) is 19.6 Å². The maximum absolute atomic E-state index is 13.4. The Morgan fingerprint density at radius 2 is 1.88 bits per heavy atom. The third kappa shape index (κ3) is 7.36. The number of aromatic nitrogens is 5. The molecule has 0 atom stereocenters. The fraction of sp³-hybridized carbons (Fsp3) is 0.567. The normalized spacial score (nSPS) is 14.6. The van der Waals surface area contributed by atoms with Gasteiger partial charge in [-0.25, -0.2) is 14.8 Å². The SMILES string of the molecule is CCCOc1ncc(C#C[Si](C)(C)C)cc1-c1nc2c(CC)n(C3CCN(C(=O)OC(C)(C)C)CC3)nc2c(=O)[nH]1. The predicted octanol–water partition coefficient (Wildman–Crippen LogP) is 5.33. The zero-order valence-electron chi connectivity index (χ0n) is 25.6. The van der Waals surface area contributed by atoms with E-state index in [-0.39, 0.29) is 17.7 Å². The van der Waals surface area contributed by atoms with Gasteiger partial charge in [-0.15, -0.1) is 5.54 Å². The molecule has 11 heteroatoms. The highest BCUT2D eigenvalue weighted by Gasteiger charge is 2.30. The van der Waals surface area contributed by atoms with Gasteiger partial charge in [0.15, 0.2) is 5.52 Å². The number of likely N-dealkylation sites (tertiary alicyclic amines) is 1. The van der Waals surface area contributed by atoms with Crippen LogP contribution in [-0.4, -0.2) is 69.1 Å². The van der Waals surface area contributed by atoms with Crippen LogP contribution in [0, 0.1) is 11.5 Å². The van der Waals surface area contributed by atoms with Crippen LogP contribution in [0.3, 0.4) is 0 Å². The fourth-order valence-electron chi connectivity index (χ4n) is 4.68. The lowest BCUT2D eigenvalue weighted by Gasteiger charge is -2.34. The van der Waals surface area contributed by atoms with E-state index in [4.69, 9.17) is 19.6 Å². The molecule has 4 heterocycles. The summed E-state index contributed by atoms with van der Waals surface area (Å²) in [5, 5.41) is 4.73. The van der Waals surface area contributed by atoms with E-state index < -0.39 is 13.7 Å². The molecule has 0 saturated carbocycles. The van der Waals surface area contributed by atoms with Crippen molar-refractivity contribution in [2.45, 2.75) is 91.6 Å². The van der Waals surface area contributed by atoms with Crippen molar-refractivity contribution in [1.82, 2.24) is 29.6 Å². The van der Waals surface area contributed by atoms with Crippen molar-refractivity contribution >= 4 is 25.2 Å². The van der Waals surface area contributed by atoms with E-state index in [2.05, 4.69) is 41.1 Å². The average molecular weight is 579 g/mol. The first-order chi connectivity index (χ1) is 19.3. The Morgan fingerprint density at radius 1 is 1.17 bits per heavy atom. The van der Waals surface area contributed by atoms with E-state index in [1.807, 2.05) is 45.4 Å². The van der Waals surface area contributed by atoms with Crippen LogP contribution in [0.25, 0.3) is 22.4 Å². The predicted molar refractivity (Wildman–Crippen MR) is 163 cm³/mol. The molecular weight excluding hydrogens is 536 g/mol. The number of ether oxygens (including phenoxy) is 2. The molecule has 1 N–H and O–H groups in total. The van der Waals surface area contributed by atoms with Gasteiger partial charge in [-0.1, -0.05) is 39.4 Å². The number of carbonyl (C=O) groups excluding carboxylic acids is 1. The Balaban J connectivity index is 1.70. The molecule has 1 fully saturated rings. The first-order valence-corrected chi connectivity index (χ1v) is 18.0. The maximum Gasteiger partial charge on any atom is 0.410 e. The smallest absolute Gasteiger partial charge is 0.410 e. The number of fused-ring (bicyclic) bond motifs is 1. The Bertz CT molecular complexity index is 1530. The van der Waals surface area contributed by atoms with E-state index in [0.717, 1.165) is 17.7 Å². The second-order valence-electron chi connectivity index (χ2n) is 12.5. The number of rotatable bonds is 6.